The minimum Gasteiger partial charge on any atom is -0.368 e. The van der Waals surface area contributed by atoms with Crippen LogP contribution in [0.25, 0.3) is 17.0 Å². The average molecular weight is 345 g/mol. The molecule has 0 aliphatic carbocycles. The molecule has 7 heteroatoms. The summed E-state index contributed by atoms with van der Waals surface area (Å²) in [5.74, 6) is 1.89. The maximum Gasteiger partial charge on any atom is 0.242 e. The number of para-hydroxylation sites is 2. The smallest absolute Gasteiger partial charge is 0.242 e. The first kappa shape index (κ1) is 16.0. The van der Waals surface area contributed by atoms with E-state index in [9.17, 15) is 0 Å². The number of imidazole rings is 1. The van der Waals surface area contributed by atoms with Gasteiger partial charge < -0.3 is 11.1 Å². The van der Waals surface area contributed by atoms with E-state index in [2.05, 4.69) is 25.3 Å². The van der Waals surface area contributed by atoms with Gasteiger partial charge in [-0.25, -0.2) is 4.98 Å². The second-order valence-corrected chi connectivity index (χ2v) is 6.02. The van der Waals surface area contributed by atoms with Gasteiger partial charge in [0.15, 0.2) is 0 Å². The van der Waals surface area contributed by atoms with E-state index in [1.807, 2.05) is 66.9 Å². The highest BCUT2D eigenvalue weighted by Gasteiger charge is 2.15. The number of aromatic nitrogens is 5. The van der Waals surface area contributed by atoms with Crippen LogP contribution >= 0.6 is 0 Å². The van der Waals surface area contributed by atoms with Crippen molar-refractivity contribution in [1.29, 1.82) is 0 Å². The number of hydrogen-bond acceptors (Lipinski definition) is 6. The number of aryl methyl sites for hydroxylation is 2. The highest BCUT2D eigenvalue weighted by molar-refractivity contribution is 5.77. The van der Waals surface area contributed by atoms with E-state index in [-0.39, 0.29) is 5.95 Å². The highest BCUT2D eigenvalue weighted by Crippen LogP contribution is 2.22. The van der Waals surface area contributed by atoms with Crippen LogP contribution in [0.15, 0.2) is 48.5 Å². The first-order chi connectivity index (χ1) is 12.6. The lowest BCUT2D eigenvalue weighted by Crippen LogP contribution is -2.11. The van der Waals surface area contributed by atoms with Crippen LogP contribution in [0.3, 0.4) is 0 Å². The zero-order chi connectivity index (χ0) is 18.1. The molecule has 4 aromatic rings. The molecule has 26 heavy (non-hydrogen) atoms. The van der Waals surface area contributed by atoms with Crippen molar-refractivity contribution < 1.29 is 0 Å². The van der Waals surface area contributed by atoms with Gasteiger partial charge in [0.25, 0.3) is 0 Å². The van der Waals surface area contributed by atoms with Gasteiger partial charge in [-0.1, -0.05) is 31.2 Å². The SMILES string of the molecule is CCc1nc2ccccc2n1-c1nc(N)nc(Nc2cccc(C)c2)n1. The molecule has 0 amide bonds. The van der Waals surface area contributed by atoms with E-state index in [4.69, 9.17) is 5.73 Å². The second kappa shape index (κ2) is 6.44. The van der Waals surface area contributed by atoms with Crippen LogP contribution in [-0.2, 0) is 6.42 Å². The summed E-state index contributed by atoms with van der Waals surface area (Å²) in [6, 6.07) is 15.9. The zero-order valence-electron chi connectivity index (χ0n) is 14.6. The standard InChI is InChI=1S/C19H19N7/c1-3-16-22-14-9-4-5-10-15(14)26(16)19-24-17(20)23-18(25-19)21-13-8-6-7-12(2)11-13/h4-11H,3H2,1-2H3,(H3,20,21,23,24,25). The molecule has 0 bridgehead atoms. The number of rotatable bonds is 4. The minimum absolute atomic E-state index is 0.157. The Balaban J connectivity index is 1.82. The van der Waals surface area contributed by atoms with E-state index in [1.165, 1.54) is 0 Å². The third kappa shape index (κ3) is 2.95. The molecule has 0 saturated heterocycles. The number of nitrogens with zero attached hydrogens (tertiary/aromatic N) is 5. The fourth-order valence-electron chi connectivity index (χ4n) is 2.92. The Morgan fingerprint density at radius 1 is 1.00 bits per heavy atom. The van der Waals surface area contributed by atoms with Crippen molar-refractivity contribution in [3.8, 4) is 5.95 Å². The summed E-state index contributed by atoms with van der Waals surface area (Å²) in [5.41, 5.74) is 9.83. The number of nitrogens with one attached hydrogen (secondary N) is 1. The molecule has 2 aromatic heterocycles. The van der Waals surface area contributed by atoms with E-state index < -0.39 is 0 Å². The summed E-state index contributed by atoms with van der Waals surface area (Å²) in [5, 5.41) is 3.20. The number of benzene rings is 2. The Kier molecular flexibility index (Phi) is 3.96. The maximum atomic E-state index is 5.95. The molecular weight excluding hydrogens is 326 g/mol. The van der Waals surface area contributed by atoms with Gasteiger partial charge in [-0.2, -0.15) is 15.0 Å². The summed E-state index contributed by atoms with van der Waals surface area (Å²) >= 11 is 0. The fraction of sp³-hybridized carbons (Fsp3) is 0.158. The van der Waals surface area contributed by atoms with Crippen molar-refractivity contribution in [3.63, 3.8) is 0 Å². The molecule has 130 valence electrons. The molecule has 2 aromatic carbocycles. The highest BCUT2D eigenvalue weighted by atomic mass is 15.3. The van der Waals surface area contributed by atoms with Crippen LogP contribution in [0.2, 0.25) is 0 Å². The molecular formula is C19H19N7. The van der Waals surface area contributed by atoms with Gasteiger partial charge in [-0.3, -0.25) is 4.57 Å². The van der Waals surface area contributed by atoms with Gasteiger partial charge in [0.05, 0.1) is 11.0 Å². The quantitative estimate of drug-likeness (QED) is 0.588. The third-order valence-electron chi connectivity index (χ3n) is 4.06. The van der Waals surface area contributed by atoms with Crippen molar-refractivity contribution >= 4 is 28.6 Å². The summed E-state index contributed by atoms with van der Waals surface area (Å²) in [6.45, 7) is 4.08. The number of hydrogen-bond donors (Lipinski definition) is 2. The van der Waals surface area contributed by atoms with Gasteiger partial charge in [0.2, 0.25) is 17.8 Å². The van der Waals surface area contributed by atoms with E-state index >= 15 is 0 Å². The van der Waals surface area contributed by atoms with Crippen LogP contribution < -0.4 is 11.1 Å². The average Bonchev–Trinajstić information content (AvgIpc) is 3.00. The van der Waals surface area contributed by atoms with Crippen molar-refractivity contribution in [2.24, 2.45) is 0 Å². The Morgan fingerprint density at radius 3 is 2.65 bits per heavy atom. The summed E-state index contributed by atoms with van der Waals surface area (Å²) in [6.07, 6.45) is 0.751. The van der Waals surface area contributed by atoms with Crippen molar-refractivity contribution in [1.82, 2.24) is 24.5 Å². The van der Waals surface area contributed by atoms with Gasteiger partial charge in [0, 0.05) is 12.1 Å². The van der Waals surface area contributed by atoms with E-state index in [1.54, 1.807) is 0 Å². The summed E-state index contributed by atoms with van der Waals surface area (Å²) in [4.78, 5) is 17.8. The predicted octanol–water partition coefficient (Wildman–Crippen LogP) is 3.41. The van der Waals surface area contributed by atoms with Crippen molar-refractivity contribution in [2.75, 3.05) is 11.1 Å². The predicted molar refractivity (Wildman–Crippen MR) is 103 cm³/mol. The normalized spacial score (nSPS) is 11.0. The van der Waals surface area contributed by atoms with Crippen molar-refractivity contribution in [3.05, 3.63) is 59.9 Å². The number of nitrogen functional groups attached to an aromatic ring is 1. The van der Waals surface area contributed by atoms with Crippen molar-refractivity contribution in [2.45, 2.75) is 20.3 Å². The molecule has 0 aliphatic heterocycles. The number of nitrogens with two attached hydrogens (primary N) is 1. The van der Waals surface area contributed by atoms with Crippen LogP contribution in [0.5, 0.6) is 0 Å². The minimum atomic E-state index is 0.157. The topological polar surface area (TPSA) is 94.5 Å². The first-order valence-electron chi connectivity index (χ1n) is 8.46. The van der Waals surface area contributed by atoms with Crippen LogP contribution in [0.4, 0.5) is 17.6 Å². The van der Waals surface area contributed by atoms with Crippen LogP contribution in [0, 0.1) is 6.92 Å². The van der Waals surface area contributed by atoms with Gasteiger partial charge in [-0.15, -0.1) is 0 Å². The molecule has 0 radical (unpaired) electrons. The lowest BCUT2D eigenvalue weighted by Gasteiger charge is -2.10. The lowest BCUT2D eigenvalue weighted by molar-refractivity contribution is 0.845. The monoisotopic (exact) mass is 345 g/mol. The molecule has 4 rings (SSSR count). The van der Waals surface area contributed by atoms with Gasteiger partial charge in [0.1, 0.15) is 5.82 Å². The molecule has 0 atom stereocenters. The molecule has 0 spiro atoms. The van der Waals surface area contributed by atoms with Crippen LogP contribution in [-0.4, -0.2) is 24.5 Å². The van der Waals surface area contributed by atoms with Crippen LogP contribution in [0.1, 0.15) is 18.3 Å². The fourth-order valence-corrected chi connectivity index (χ4v) is 2.92. The Hall–Kier alpha value is -3.48. The lowest BCUT2D eigenvalue weighted by atomic mass is 10.2. The molecule has 7 nitrogen and oxygen atoms in total. The summed E-state index contributed by atoms with van der Waals surface area (Å²) in [7, 11) is 0. The Labute approximate surface area is 151 Å². The third-order valence-corrected chi connectivity index (χ3v) is 4.06. The molecule has 0 saturated carbocycles. The largest absolute Gasteiger partial charge is 0.368 e. The Bertz CT molecular complexity index is 1080. The molecule has 3 N–H and O–H groups in total. The van der Waals surface area contributed by atoms with Gasteiger partial charge in [-0.05, 0) is 36.8 Å². The number of fused-ring (bicyclic) bond motifs is 1. The molecule has 0 aliphatic rings. The second-order valence-electron chi connectivity index (χ2n) is 6.02. The maximum absolute atomic E-state index is 5.95. The van der Waals surface area contributed by atoms with E-state index in [0.29, 0.717) is 11.9 Å². The van der Waals surface area contributed by atoms with Gasteiger partial charge >= 0.3 is 0 Å². The molecule has 0 unspecified atom stereocenters. The summed E-state index contributed by atoms with van der Waals surface area (Å²) < 4.78 is 1.93. The number of anilines is 3. The first-order valence-corrected chi connectivity index (χ1v) is 8.46. The molecule has 0 fully saturated rings. The zero-order valence-corrected chi connectivity index (χ0v) is 14.6. The van der Waals surface area contributed by atoms with E-state index in [0.717, 1.165) is 34.5 Å². The molecule has 2 heterocycles. The Morgan fingerprint density at radius 2 is 1.85 bits per heavy atom.